The van der Waals surface area contributed by atoms with Crippen LogP contribution in [0.2, 0.25) is 13.1 Å². The molecule has 5 nitrogen and oxygen atoms in total. The summed E-state index contributed by atoms with van der Waals surface area (Å²) in [5.74, 6) is 1.00. The van der Waals surface area contributed by atoms with E-state index in [1.807, 2.05) is 54.4 Å². The van der Waals surface area contributed by atoms with Crippen LogP contribution in [0.15, 0.2) is 42.5 Å². The fraction of sp³-hybridized carbons (Fsp3) is 0.409. The Balaban J connectivity index is 1.51. The average Bonchev–Trinajstić information content (AvgIpc) is 3.05. The van der Waals surface area contributed by atoms with E-state index < -0.39 is 8.32 Å². The van der Waals surface area contributed by atoms with Gasteiger partial charge in [-0.05, 0) is 30.5 Å². The Bertz CT molecular complexity index is 899. The molecule has 1 amide bonds. The van der Waals surface area contributed by atoms with E-state index in [2.05, 4.69) is 6.07 Å². The molecule has 2 aliphatic rings. The van der Waals surface area contributed by atoms with E-state index in [9.17, 15) is 9.59 Å². The first-order valence-electron chi connectivity index (χ1n) is 9.91. The van der Waals surface area contributed by atoms with Crippen LogP contribution in [0, 0.1) is 0 Å². The summed E-state index contributed by atoms with van der Waals surface area (Å²) in [6, 6.07) is 13.7. The lowest BCUT2D eigenvalue weighted by molar-refractivity contribution is 0.0646. The maximum Gasteiger partial charge on any atom is 0.253 e. The summed E-state index contributed by atoms with van der Waals surface area (Å²) in [5.41, 5.74) is 8.84. The number of likely N-dealkylation sites (tertiary alicyclic amines) is 1. The summed E-state index contributed by atoms with van der Waals surface area (Å²) in [6.07, 6.45) is 1.78. The molecule has 1 saturated heterocycles. The second kappa shape index (κ2) is 7.03. The van der Waals surface area contributed by atoms with Gasteiger partial charge in [-0.15, -0.1) is 13.1 Å². The van der Waals surface area contributed by atoms with E-state index in [0.29, 0.717) is 31.8 Å². The summed E-state index contributed by atoms with van der Waals surface area (Å²) >= 11 is 0. The molecule has 2 aromatic rings. The second-order valence-corrected chi connectivity index (χ2v) is 12.2. The Kier molecular flexibility index (Phi) is 4.81. The highest BCUT2D eigenvalue weighted by Gasteiger charge is 2.43. The van der Waals surface area contributed by atoms with Gasteiger partial charge in [-0.2, -0.15) is 5.19 Å². The van der Waals surface area contributed by atoms with Crippen LogP contribution in [-0.4, -0.2) is 43.6 Å². The fourth-order valence-corrected chi connectivity index (χ4v) is 5.32. The third-order valence-electron chi connectivity index (χ3n) is 6.18. The van der Waals surface area contributed by atoms with Crippen molar-refractivity contribution in [2.45, 2.75) is 37.9 Å². The van der Waals surface area contributed by atoms with E-state index >= 15 is 0 Å². The van der Waals surface area contributed by atoms with Gasteiger partial charge in [0.05, 0.1) is 6.61 Å². The molecule has 0 bridgehead atoms. The maximum atomic E-state index is 13.0. The molecule has 2 heterocycles. The van der Waals surface area contributed by atoms with Crippen molar-refractivity contribution in [2.75, 3.05) is 19.7 Å². The average molecular weight is 397 g/mol. The van der Waals surface area contributed by atoms with Crippen molar-refractivity contribution in [2.24, 2.45) is 5.73 Å². The molecule has 149 valence electrons. The molecule has 0 aromatic heterocycles. The molecule has 1 fully saturated rings. The van der Waals surface area contributed by atoms with Gasteiger partial charge >= 0.3 is 0 Å². The molecular formula is C22H28N2O3Si-. The smallest absolute Gasteiger partial charge is 0.253 e. The SMILES string of the molecule is C[Si-](C)(O)c1cccc(C(=O)N2CCC3(CC2)COc2ccc(CN)cc23)c1. The molecule has 0 saturated carbocycles. The molecule has 0 aliphatic carbocycles. The van der Waals surface area contributed by atoms with E-state index in [-0.39, 0.29) is 11.3 Å². The molecule has 0 unspecified atom stereocenters. The first-order chi connectivity index (χ1) is 13.3. The van der Waals surface area contributed by atoms with Crippen LogP contribution in [-0.2, 0) is 12.0 Å². The summed E-state index contributed by atoms with van der Waals surface area (Å²) in [5, 5.41) is 0.888. The Morgan fingerprint density at radius 2 is 1.96 bits per heavy atom. The maximum absolute atomic E-state index is 13.0. The lowest BCUT2D eigenvalue weighted by atomic mass is 9.74. The van der Waals surface area contributed by atoms with Crippen molar-refractivity contribution in [3.63, 3.8) is 0 Å². The molecule has 2 aliphatic heterocycles. The summed E-state index contributed by atoms with van der Waals surface area (Å²) in [7, 11) is -2.43. The first kappa shape index (κ1) is 19.2. The first-order valence-corrected chi connectivity index (χ1v) is 12.9. The summed E-state index contributed by atoms with van der Waals surface area (Å²) in [6.45, 7) is 6.35. The van der Waals surface area contributed by atoms with E-state index in [4.69, 9.17) is 10.5 Å². The van der Waals surface area contributed by atoms with Gasteiger partial charge in [-0.1, -0.05) is 30.3 Å². The molecule has 28 heavy (non-hydrogen) atoms. The molecule has 1 spiro atoms. The number of fused-ring (bicyclic) bond motifs is 2. The van der Waals surface area contributed by atoms with E-state index in [0.717, 1.165) is 29.3 Å². The number of ether oxygens (including phenoxy) is 1. The lowest BCUT2D eigenvalue weighted by Gasteiger charge is -2.39. The zero-order chi connectivity index (χ0) is 19.9. The van der Waals surface area contributed by atoms with Gasteiger partial charge in [0.15, 0.2) is 0 Å². The molecular weight excluding hydrogens is 368 g/mol. The van der Waals surface area contributed by atoms with Gasteiger partial charge in [0.1, 0.15) is 5.75 Å². The summed E-state index contributed by atoms with van der Waals surface area (Å²) in [4.78, 5) is 25.3. The number of carbonyl (C=O) groups is 1. The van der Waals surface area contributed by atoms with Crippen molar-refractivity contribution in [1.82, 2.24) is 4.90 Å². The highest BCUT2D eigenvalue weighted by molar-refractivity contribution is 6.83. The van der Waals surface area contributed by atoms with E-state index in [1.54, 1.807) is 0 Å². The topological polar surface area (TPSA) is 75.8 Å². The number of nitrogens with zero attached hydrogens (tertiary/aromatic N) is 1. The van der Waals surface area contributed by atoms with Crippen LogP contribution in [0.1, 0.15) is 34.3 Å². The number of benzene rings is 2. The highest BCUT2D eigenvalue weighted by atomic mass is 28.4. The fourth-order valence-electron chi connectivity index (χ4n) is 4.30. The standard InChI is InChI=1S/C22H28N2O3Si/c1-28(2,26)18-5-3-4-17(13-18)21(25)24-10-8-22(9-11-24)15-27-20-7-6-16(14-23)12-19(20)22/h3-7,12-13,26H,8-11,14-15,23H2,1-2H3/q-1. The lowest BCUT2D eigenvalue weighted by Crippen LogP contribution is -2.46. The normalized spacial score (nSPS) is 18.1. The predicted octanol–water partition coefficient (Wildman–Crippen LogP) is 2.12. The predicted molar refractivity (Wildman–Crippen MR) is 112 cm³/mol. The Hall–Kier alpha value is -2.15. The molecule has 2 aromatic carbocycles. The van der Waals surface area contributed by atoms with Crippen molar-refractivity contribution in [1.29, 1.82) is 0 Å². The number of hydrogen-bond acceptors (Lipinski definition) is 4. The number of carbonyl (C=O) groups excluding carboxylic acids is 1. The van der Waals surface area contributed by atoms with Crippen molar-refractivity contribution < 1.29 is 14.3 Å². The number of rotatable bonds is 3. The third-order valence-corrected chi connectivity index (χ3v) is 7.90. The van der Waals surface area contributed by atoms with Crippen LogP contribution < -0.4 is 15.7 Å². The van der Waals surface area contributed by atoms with Crippen LogP contribution in [0.4, 0.5) is 0 Å². The quantitative estimate of drug-likeness (QED) is 0.779. The monoisotopic (exact) mass is 396 g/mol. The number of amides is 1. The number of nitrogens with two attached hydrogens (primary N) is 1. The van der Waals surface area contributed by atoms with E-state index in [1.165, 1.54) is 5.56 Å². The van der Waals surface area contributed by atoms with Gasteiger partial charge in [-0.3, -0.25) is 4.79 Å². The molecule has 6 heteroatoms. The van der Waals surface area contributed by atoms with Gasteiger partial charge in [0, 0.05) is 44.5 Å². The van der Waals surface area contributed by atoms with Gasteiger partial charge in [0.25, 0.3) is 5.91 Å². The molecule has 0 atom stereocenters. The van der Waals surface area contributed by atoms with Gasteiger partial charge in [-0.25, -0.2) is 0 Å². The Morgan fingerprint density at radius 1 is 1.21 bits per heavy atom. The Morgan fingerprint density at radius 3 is 2.64 bits per heavy atom. The minimum atomic E-state index is -2.43. The zero-order valence-electron chi connectivity index (χ0n) is 16.6. The van der Waals surface area contributed by atoms with Crippen LogP contribution in [0.5, 0.6) is 5.75 Å². The van der Waals surface area contributed by atoms with Crippen molar-refractivity contribution >= 4 is 19.4 Å². The van der Waals surface area contributed by atoms with Crippen LogP contribution in [0.3, 0.4) is 0 Å². The minimum absolute atomic E-state index is 0.0147. The highest BCUT2D eigenvalue weighted by Crippen LogP contribution is 2.45. The minimum Gasteiger partial charge on any atom is -0.576 e. The molecule has 4 rings (SSSR count). The van der Waals surface area contributed by atoms with Crippen molar-refractivity contribution in [3.8, 4) is 5.75 Å². The van der Waals surface area contributed by atoms with Crippen LogP contribution >= 0.6 is 0 Å². The Labute approximate surface area is 167 Å². The molecule has 3 N–H and O–H groups in total. The number of piperidine rings is 1. The molecule has 0 radical (unpaired) electrons. The van der Waals surface area contributed by atoms with Crippen LogP contribution in [0.25, 0.3) is 0 Å². The number of hydrogen-bond donors (Lipinski definition) is 2. The van der Waals surface area contributed by atoms with Gasteiger partial charge < -0.3 is 20.2 Å². The van der Waals surface area contributed by atoms with Gasteiger partial charge in [0.2, 0.25) is 0 Å². The summed E-state index contributed by atoms with van der Waals surface area (Å²) < 4.78 is 5.96. The van der Waals surface area contributed by atoms with Crippen molar-refractivity contribution in [3.05, 3.63) is 59.2 Å². The zero-order valence-corrected chi connectivity index (χ0v) is 17.6. The largest absolute Gasteiger partial charge is 0.576 e. The second-order valence-electron chi connectivity index (χ2n) is 8.54. The third kappa shape index (κ3) is 3.36.